The van der Waals surface area contributed by atoms with Gasteiger partial charge in [-0.2, -0.15) is 5.10 Å². The Morgan fingerprint density at radius 1 is 1.06 bits per heavy atom. The molecule has 8 heteroatoms. The second kappa shape index (κ2) is 10.5. The van der Waals surface area contributed by atoms with Crippen molar-refractivity contribution in [1.29, 1.82) is 0 Å². The number of hydrogen-bond acceptors (Lipinski definition) is 5. The molecule has 0 spiro atoms. The number of nitrogens with zero attached hydrogens (tertiary/aromatic N) is 4. The van der Waals surface area contributed by atoms with Crippen LogP contribution in [0.15, 0.2) is 72.0 Å². The molecule has 1 fully saturated rings. The number of thiocarbonyl (C=S) groups is 1. The molecule has 3 N–H and O–H groups in total. The van der Waals surface area contributed by atoms with Gasteiger partial charge in [0.05, 0.1) is 6.21 Å². The Balaban J connectivity index is 1.32. The number of nitrogens with two attached hydrogens (primary N) is 1. The number of hydrazone groups is 1. The molecule has 1 saturated heterocycles. The Labute approximate surface area is 198 Å². The van der Waals surface area contributed by atoms with Gasteiger partial charge in [-0.05, 0) is 53.2 Å². The fourth-order valence-corrected chi connectivity index (χ4v) is 3.97. The van der Waals surface area contributed by atoms with Gasteiger partial charge < -0.3 is 10.6 Å². The molecule has 2 aromatic carbocycles. The van der Waals surface area contributed by atoms with Crippen LogP contribution in [0.2, 0.25) is 5.02 Å². The van der Waals surface area contributed by atoms with Crippen LogP contribution < -0.4 is 16.1 Å². The summed E-state index contributed by atoms with van der Waals surface area (Å²) in [6.07, 6.45) is 3.61. The van der Waals surface area contributed by atoms with E-state index in [1.807, 2.05) is 48.7 Å². The van der Waals surface area contributed by atoms with Crippen LogP contribution in [-0.2, 0) is 6.54 Å². The highest BCUT2D eigenvalue weighted by Gasteiger charge is 2.18. The Morgan fingerprint density at radius 3 is 2.47 bits per heavy atom. The minimum absolute atomic E-state index is 0.145. The number of nitrogens with one attached hydrogen (secondary N) is 1. The maximum Gasteiger partial charge on any atom is 0.184 e. The molecule has 0 amide bonds. The topological polar surface area (TPSA) is 69.8 Å². The molecule has 0 bridgehead atoms. The molecular formula is C24H25ClN6S. The van der Waals surface area contributed by atoms with Crippen molar-refractivity contribution in [1.82, 2.24) is 15.3 Å². The van der Waals surface area contributed by atoms with Crippen molar-refractivity contribution in [2.24, 2.45) is 10.8 Å². The van der Waals surface area contributed by atoms with Crippen molar-refractivity contribution in [2.75, 3.05) is 31.1 Å². The Morgan fingerprint density at radius 2 is 1.81 bits per heavy atom. The lowest BCUT2D eigenvalue weighted by atomic mass is 10.1. The molecule has 0 unspecified atom stereocenters. The van der Waals surface area contributed by atoms with Crippen LogP contribution in [0.25, 0.3) is 11.1 Å². The molecule has 6 nitrogen and oxygen atoms in total. The Kier molecular flexibility index (Phi) is 7.32. The number of benzene rings is 2. The average Bonchev–Trinajstić information content (AvgIpc) is 2.80. The summed E-state index contributed by atoms with van der Waals surface area (Å²) in [6, 6.07) is 20.4. The summed E-state index contributed by atoms with van der Waals surface area (Å²) in [6.45, 7) is 4.85. The van der Waals surface area contributed by atoms with E-state index in [2.05, 4.69) is 38.5 Å². The molecule has 0 radical (unpaired) electrons. The number of pyridine rings is 1. The van der Waals surface area contributed by atoms with Crippen molar-refractivity contribution in [2.45, 2.75) is 6.54 Å². The van der Waals surface area contributed by atoms with E-state index in [4.69, 9.17) is 34.5 Å². The van der Waals surface area contributed by atoms with Gasteiger partial charge in [-0.15, -0.1) is 0 Å². The summed E-state index contributed by atoms with van der Waals surface area (Å²) in [5.74, 6) is 1.02. The number of rotatable bonds is 6. The van der Waals surface area contributed by atoms with Gasteiger partial charge in [-0.3, -0.25) is 10.3 Å². The van der Waals surface area contributed by atoms with Crippen LogP contribution >= 0.6 is 23.8 Å². The second-order valence-corrected chi connectivity index (χ2v) is 8.53. The highest BCUT2D eigenvalue weighted by Crippen LogP contribution is 2.22. The lowest BCUT2D eigenvalue weighted by Crippen LogP contribution is -2.46. The SMILES string of the molecule is NC(=S)N/N=C/c1ccc(-c2ccc(N3CCN(Cc4cccc(Cl)c4)CC3)nc2)cc1. The fraction of sp³-hybridized carbons (Fsp3) is 0.208. The molecule has 1 aliphatic heterocycles. The van der Waals surface area contributed by atoms with Gasteiger partial charge in [0.25, 0.3) is 0 Å². The number of halogens is 1. The van der Waals surface area contributed by atoms with E-state index in [1.54, 1.807) is 6.21 Å². The normalized spacial score (nSPS) is 14.6. The molecule has 1 aliphatic rings. The third kappa shape index (κ3) is 6.03. The number of hydrogen-bond donors (Lipinski definition) is 2. The summed E-state index contributed by atoms with van der Waals surface area (Å²) in [5, 5.41) is 4.91. The lowest BCUT2D eigenvalue weighted by Gasteiger charge is -2.35. The van der Waals surface area contributed by atoms with Crippen molar-refractivity contribution in [3.63, 3.8) is 0 Å². The monoisotopic (exact) mass is 464 g/mol. The highest BCUT2D eigenvalue weighted by atomic mass is 35.5. The van der Waals surface area contributed by atoms with Gasteiger partial charge in [0.15, 0.2) is 5.11 Å². The molecule has 0 saturated carbocycles. The summed E-state index contributed by atoms with van der Waals surface area (Å²) in [4.78, 5) is 9.51. The number of anilines is 1. The van der Waals surface area contributed by atoms with Crippen LogP contribution in [0.4, 0.5) is 5.82 Å². The van der Waals surface area contributed by atoms with E-state index < -0.39 is 0 Å². The quantitative estimate of drug-likeness (QED) is 0.327. The minimum Gasteiger partial charge on any atom is -0.375 e. The van der Waals surface area contributed by atoms with Gasteiger partial charge in [-0.1, -0.05) is 48.0 Å². The van der Waals surface area contributed by atoms with E-state index in [0.29, 0.717) is 0 Å². The fourth-order valence-electron chi connectivity index (χ4n) is 3.70. The predicted molar refractivity (Wildman–Crippen MR) is 136 cm³/mol. The first-order valence-electron chi connectivity index (χ1n) is 10.4. The van der Waals surface area contributed by atoms with Crippen LogP contribution in [0.1, 0.15) is 11.1 Å². The van der Waals surface area contributed by atoms with Crippen LogP contribution in [-0.4, -0.2) is 47.4 Å². The van der Waals surface area contributed by atoms with Gasteiger partial charge >= 0.3 is 0 Å². The van der Waals surface area contributed by atoms with E-state index in [0.717, 1.165) is 60.3 Å². The molecule has 32 heavy (non-hydrogen) atoms. The average molecular weight is 465 g/mol. The molecule has 0 aliphatic carbocycles. The Bertz CT molecular complexity index is 1080. The van der Waals surface area contributed by atoms with Crippen molar-refractivity contribution in [3.05, 3.63) is 83.0 Å². The van der Waals surface area contributed by atoms with Crippen LogP contribution in [0.3, 0.4) is 0 Å². The zero-order valence-electron chi connectivity index (χ0n) is 17.6. The maximum atomic E-state index is 6.11. The molecule has 2 heterocycles. The molecule has 3 aromatic rings. The Hall–Kier alpha value is -3.00. The minimum atomic E-state index is 0.145. The smallest absolute Gasteiger partial charge is 0.184 e. The van der Waals surface area contributed by atoms with E-state index in [1.165, 1.54) is 5.56 Å². The number of aromatic nitrogens is 1. The lowest BCUT2D eigenvalue weighted by molar-refractivity contribution is 0.249. The first-order valence-corrected chi connectivity index (χ1v) is 11.2. The standard InChI is InChI=1S/C24H25ClN6S/c25-22-3-1-2-19(14-22)17-30-10-12-31(13-11-30)23-9-8-21(16-27-23)20-6-4-18(5-7-20)15-28-29-24(26)32/h1-9,14-16H,10-13,17H2,(H3,26,29,32)/b28-15+. The summed E-state index contributed by atoms with van der Waals surface area (Å²) < 4.78 is 0. The number of piperazine rings is 1. The first-order chi connectivity index (χ1) is 15.6. The molecule has 0 atom stereocenters. The first kappa shape index (κ1) is 22.2. The molecular weight excluding hydrogens is 440 g/mol. The molecule has 164 valence electrons. The summed E-state index contributed by atoms with van der Waals surface area (Å²) in [7, 11) is 0. The zero-order valence-corrected chi connectivity index (χ0v) is 19.2. The maximum absolute atomic E-state index is 6.11. The van der Waals surface area contributed by atoms with Gasteiger partial charge in [0.2, 0.25) is 0 Å². The zero-order chi connectivity index (χ0) is 22.3. The highest BCUT2D eigenvalue weighted by molar-refractivity contribution is 7.80. The van der Waals surface area contributed by atoms with Crippen molar-refractivity contribution >= 4 is 41.0 Å². The second-order valence-electron chi connectivity index (χ2n) is 7.65. The third-order valence-corrected chi connectivity index (χ3v) is 5.70. The van der Waals surface area contributed by atoms with E-state index in [-0.39, 0.29) is 5.11 Å². The van der Waals surface area contributed by atoms with Gasteiger partial charge in [0, 0.05) is 49.5 Å². The van der Waals surface area contributed by atoms with Crippen LogP contribution in [0, 0.1) is 0 Å². The van der Waals surface area contributed by atoms with Gasteiger partial charge in [0.1, 0.15) is 5.82 Å². The van der Waals surface area contributed by atoms with Crippen LogP contribution in [0.5, 0.6) is 0 Å². The summed E-state index contributed by atoms with van der Waals surface area (Å²) >= 11 is 10.8. The van der Waals surface area contributed by atoms with Gasteiger partial charge in [-0.25, -0.2) is 4.98 Å². The third-order valence-electron chi connectivity index (χ3n) is 5.37. The van der Waals surface area contributed by atoms with E-state index in [9.17, 15) is 0 Å². The largest absolute Gasteiger partial charge is 0.375 e. The van der Waals surface area contributed by atoms with Crippen molar-refractivity contribution < 1.29 is 0 Å². The molecule has 4 rings (SSSR count). The molecule has 1 aromatic heterocycles. The van der Waals surface area contributed by atoms with Crippen molar-refractivity contribution in [3.8, 4) is 11.1 Å². The summed E-state index contributed by atoms with van der Waals surface area (Å²) in [5.41, 5.74) is 12.3. The van der Waals surface area contributed by atoms with E-state index >= 15 is 0 Å². The predicted octanol–water partition coefficient (Wildman–Crippen LogP) is 3.89.